The van der Waals surface area contributed by atoms with Crippen LogP contribution in [-0.4, -0.2) is 18.7 Å². The van der Waals surface area contributed by atoms with Crippen molar-refractivity contribution in [1.29, 1.82) is 0 Å². The largest absolute Gasteiger partial charge is 0.497 e. The Morgan fingerprint density at radius 3 is 2.07 bits per heavy atom. The molecule has 0 saturated heterocycles. The summed E-state index contributed by atoms with van der Waals surface area (Å²) in [6, 6.07) is 22.7. The molecule has 3 aromatic carbocycles. The molecule has 5 nitrogen and oxygen atoms in total. The lowest BCUT2D eigenvalue weighted by Crippen LogP contribution is -2.19. The number of amides is 1. The van der Waals surface area contributed by atoms with Crippen LogP contribution in [0.15, 0.2) is 77.9 Å². The first kappa shape index (κ1) is 20.1. The van der Waals surface area contributed by atoms with E-state index in [4.69, 9.17) is 9.47 Å². The molecule has 148 valence electrons. The highest BCUT2D eigenvalue weighted by Gasteiger charge is 2.06. The molecule has 5 heteroatoms. The number of ether oxygens (including phenoxy) is 2. The fourth-order valence-corrected chi connectivity index (χ4v) is 2.65. The number of hydrogen-bond acceptors (Lipinski definition) is 4. The first-order chi connectivity index (χ1) is 14.0. The standard InChI is InChI=1S/C24H24N2O3/c1-17-4-6-19(7-5-17)16-29-23-14-10-21(11-15-23)24(27)26-25-18(2)20-8-12-22(28-3)13-9-20/h4-15H,16H2,1-3H3,(H,26,27)/b25-18-. The molecule has 0 unspecified atom stereocenters. The zero-order valence-corrected chi connectivity index (χ0v) is 16.8. The van der Waals surface area contributed by atoms with Gasteiger partial charge < -0.3 is 9.47 Å². The van der Waals surface area contributed by atoms with Crippen LogP contribution >= 0.6 is 0 Å². The van der Waals surface area contributed by atoms with Crippen LogP contribution < -0.4 is 14.9 Å². The molecule has 0 atom stereocenters. The molecule has 0 radical (unpaired) electrons. The molecule has 0 heterocycles. The number of benzene rings is 3. The van der Waals surface area contributed by atoms with Gasteiger partial charge in [0, 0.05) is 5.56 Å². The van der Waals surface area contributed by atoms with Crippen LogP contribution in [0.25, 0.3) is 0 Å². The van der Waals surface area contributed by atoms with E-state index in [-0.39, 0.29) is 5.91 Å². The van der Waals surface area contributed by atoms with Crippen LogP contribution in [0.2, 0.25) is 0 Å². The summed E-state index contributed by atoms with van der Waals surface area (Å²) >= 11 is 0. The van der Waals surface area contributed by atoms with Crippen LogP contribution in [-0.2, 0) is 6.61 Å². The Bertz CT molecular complexity index is 976. The lowest BCUT2D eigenvalue weighted by molar-refractivity contribution is 0.0955. The van der Waals surface area contributed by atoms with Crippen molar-refractivity contribution in [3.05, 3.63) is 95.1 Å². The van der Waals surface area contributed by atoms with E-state index in [2.05, 4.69) is 29.6 Å². The van der Waals surface area contributed by atoms with Crippen molar-refractivity contribution in [3.8, 4) is 11.5 Å². The molecular formula is C24H24N2O3. The molecule has 0 aromatic heterocycles. The second-order valence-corrected chi connectivity index (χ2v) is 6.67. The van der Waals surface area contributed by atoms with Crippen LogP contribution in [0.4, 0.5) is 0 Å². The lowest BCUT2D eigenvalue weighted by atomic mass is 10.1. The van der Waals surface area contributed by atoms with Crippen molar-refractivity contribution in [3.63, 3.8) is 0 Å². The van der Waals surface area contributed by atoms with E-state index in [1.165, 1.54) is 5.56 Å². The smallest absolute Gasteiger partial charge is 0.271 e. The molecule has 1 N–H and O–H groups in total. The number of carbonyl (C=O) groups excluding carboxylic acids is 1. The maximum atomic E-state index is 12.3. The van der Waals surface area contributed by atoms with E-state index in [0.717, 1.165) is 16.9 Å². The van der Waals surface area contributed by atoms with Gasteiger partial charge in [-0.15, -0.1) is 0 Å². The van der Waals surface area contributed by atoms with E-state index < -0.39 is 0 Å². The van der Waals surface area contributed by atoms with Gasteiger partial charge >= 0.3 is 0 Å². The maximum Gasteiger partial charge on any atom is 0.271 e. The summed E-state index contributed by atoms with van der Waals surface area (Å²) in [5.41, 5.74) is 7.03. The molecule has 0 spiro atoms. The molecule has 0 aliphatic heterocycles. The summed E-state index contributed by atoms with van der Waals surface area (Å²) in [7, 11) is 1.62. The van der Waals surface area contributed by atoms with E-state index in [1.54, 1.807) is 31.4 Å². The Morgan fingerprint density at radius 2 is 1.45 bits per heavy atom. The molecule has 0 aliphatic rings. The fraction of sp³-hybridized carbons (Fsp3) is 0.167. The van der Waals surface area contributed by atoms with E-state index in [0.29, 0.717) is 23.6 Å². The Labute approximate surface area is 171 Å². The number of nitrogens with one attached hydrogen (secondary N) is 1. The van der Waals surface area contributed by atoms with Crippen molar-refractivity contribution < 1.29 is 14.3 Å². The summed E-state index contributed by atoms with van der Waals surface area (Å²) in [4.78, 5) is 12.3. The minimum Gasteiger partial charge on any atom is -0.497 e. The molecule has 0 fully saturated rings. The van der Waals surface area contributed by atoms with Gasteiger partial charge in [0.1, 0.15) is 18.1 Å². The second kappa shape index (κ2) is 9.55. The van der Waals surface area contributed by atoms with E-state index in [9.17, 15) is 4.79 Å². The van der Waals surface area contributed by atoms with Crippen molar-refractivity contribution in [2.45, 2.75) is 20.5 Å². The summed E-state index contributed by atoms with van der Waals surface area (Å²) in [5.74, 6) is 1.21. The zero-order valence-electron chi connectivity index (χ0n) is 16.8. The van der Waals surface area contributed by atoms with Gasteiger partial charge in [-0.05, 0) is 73.5 Å². The van der Waals surface area contributed by atoms with Crippen LogP contribution in [0.5, 0.6) is 11.5 Å². The molecule has 3 rings (SSSR count). The lowest BCUT2D eigenvalue weighted by Gasteiger charge is -2.08. The SMILES string of the molecule is COc1ccc(/C(C)=N\NC(=O)c2ccc(OCc3ccc(C)cc3)cc2)cc1. The van der Waals surface area contributed by atoms with Crippen molar-refractivity contribution in [2.75, 3.05) is 7.11 Å². The molecule has 1 amide bonds. The highest BCUT2D eigenvalue weighted by atomic mass is 16.5. The van der Waals surface area contributed by atoms with Crippen molar-refractivity contribution >= 4 is 11.6 Å². The highest BCUT2D eigenvalue weighted by molar-refractivity contribution is 6.00. The minimum atomic E-state index is -0.275. The van der Waals surface area contributed by atoms with Crippen LogP contribution in [0, 0.1) is 6.92 Å². The van der Waals surface area contributed by atoms with Gasteiger partial charge in [-0.2, -0.15) is 5.10 Å². The number of hydrazone groups is 1. The number of nitrogens with zero attached hydrogens (tertiary/aromatic N) is 1. The molecular weight excluding hydrogens is 364 g/mol. The third-order valence-electron chi connectivity index (χ3n) is 4.48. The maximum absolute atomic E-state index is 12.3. The first-order valence-electron chi connectivity index (χ1n) is 9.32. The van der Waals surface area contributed by atoms with Crippen LogP contribution in [0.1, 0.15) is 34.0 Å². The molecule has 0 bridgehead atoms. The second-order valence-electron chi connectivity index (χ2n) is 6.67. The minimum absolute atomic E-state index is 0.275. The quantitative estimate of drug-likeness (QED) is 0.470. The third-order valence-corrected chi connectivity index (χ3v) is 4.48. The van der Waals surface area contributed by atoms with Crippen molar-refractivity contribution in [2.24, 2.45) is 5.10 Å². The molecule has 29 heavy (non-hydrogen) atoms. The Hall–Kier alpha value is -3.60. The van der Waals surface area contributed by atoms with Gasteiger partial charge in [0.2, 0.25) is 0 Å². The average molecular weight is 388 g/mol. The predicted octanol–water partition coefficient (Wildman–Crippen LogP) is 4.74. The van der Waals surface area contributed by atoms with Crippen molar-refractivity contribution in [1.82, 2.24) is 5.43 Å². The molecule has 0 saturated carbocycles. The zero-order chi connectivity index (χ0) is 20.6. The van der Waals surface area contributed by atoms with Gasteiger partial charge in [0.25, 0.3) is 5.91 Å². The summed E-state index contributed by atoms with van der Waals surface area (Å²) in [6.07, 6.45) is 0. The predicted molar refractivity (Wildman–Crippen MR) is 115 cm³/mol. The van der Waals surface area contributed by atoms with Gasteiger partial charge in [-0.3, -0.25) is 4.79 Å². The van der Waals surface area contributed by atoms with Crippen LogP contribution in [0.3, 0.4) is 0 Å². The highest BCUT2D eigenvalue weighted by Crippen LogP contribution is 2.15. The average Bonchev–Trinajstić information content (AvgIpc) is 2.77. The topological polar surface area (TPSA) is 59.9 Å². The molecule has 3 aromatic rings. The van der Waals surface area contributed by atoms with Gasteiger partial charge in [0.15, 0.2) is 0 Å². The number of hydrogen-bond donors (Lipinski definition) is 1. The number of methoxy groups -OCH3 is 1. The van der Waals surface area contributed by atoms with Gasteiger partial charge in [-0.1, -0.05) is 29.8 Å². The fourth-order valence-electron chi connectivity index (χ4n) is 2.65. The van der Waals surface area contributed by atoms with E-state index in [1.807, 2.05) is 43.3 Å². The van der Waals surface area contributed by atoms with Gasteiger partial charge in [-0.25, -0.2) is 5.43 Å². The number of rotatable bonds is 7. The summed E-state index contributed by atoms with van der Waals surface area (Å²) in [6.45, 7) is 4.37. The normalized spacial score (nSPS) is 11.1. The summed E-state index contributed by atoms with van der Waals surface area (Å²) in [5, 5.41) is 4.18. The Morgan fingerprint density at radius 1 is 0.862 bits per heavy atom. The Balaban J connectivity index is 1.55. The molecule has 0 aliphatic carbocycles. The number of carbonyl (C=O) groups is 1. The third kappa shape index (κ3) is 5.69. The summed E-state index contributed by atoms with van der Waals surface area (Å²) < 4.78 is 10.9. The monoisotopic (exact) mass is 388 g/mol. The number of aryl methyl sites for hydroxylation is 1. The van der Waals surface area contributed by atoms with E-state index >= 15 is 0 Å². The Kier molecular flexibility index (Phi) is 6.63. The van der Waals surface area contributed by atoms with Gasteiger partial charge in [0.05, 0.1) is 12.8 Å². The first-order valence-corrected chi connectivity index (χ1v) is 9.32.